The molecule has 0 atom stereocenters. The quantitative estimate of drug-likeness (QED) is 0.123. The predicted molar refractivity (Wildman–Crippen MR) is 148 cm³/mol. The van der Waals surface area contributed by atoms with Crippen molar-refractivity contribution >= 4 is 47.1 Å². The second-order valence-corrected chi connectivity index (χ2v) is 15.0. The lowest BCUT2D eigenvalue weighted by Crippen LogP contribution is -2.25. The summed E-state index contributed by atoms with van der Waals surface area (Å²) in [6.45, 7) is 0. The molecule has 0 saturated carbocycles. The Labute approximate surface area is 224 Å². The first-order valence-electron chi connectivity index (χ1n) is 12.1. The highest BCUT2D eigenvalue weighted by Gasteiger charge is 2.42. The Kier molecular flexibility index (Phi) is 10.4. The molecule has 0 bridgehead atoms. The maximum absolute atomic E-state index is 11.2. The molecule has 0 saturated heterocycles. The van der Waals surface area contributed by atoms with E-state index in [4.69, 9.17) is 19.6 Å². The number of hydrogen-bond donors (Lipinski definition) is 4. The van der Waals surface area contributed by atoms with Crippen molar-refractivity contribution in [2.24, 2.45) is 0 Å². The average Bonchev–Trinajstić information content (AvgIpc) is 3.00. The summed E-state index contributed by atoms with van der Waals surface area (Å²) in [6.07, 6.45) is 8.15. The van der Waals surface area contributed by atoms with E-state index >= 15 is 0 Å². The highest BCUT2D eigenvalue weighted by molar-refractivity contribution is 9.10. The molecule has 0 spiro atoms. The van der Waals surface area contributed by atoms with Crippen LogP contribution in [0.15, 0.2) is 45.3 Å². The van der Waals surface area contributed by atoms with Crippen molar-refractivity contribution in [1.29, 1.82) is 0 Å². The van der Waals surface area contributed by atoms with Crippen LogP contribution in [0.4, 0.5) is 0 Å². The lowest BCUT2D eigenvalue weighted by molar-refractivity contribution is 0.368. The topological polar surface area (TPSA) is 115 Å². The van der Waals surface area contributed by atoms with Crippen LogP contribution in [0.1, 0.15) is 75.3 Å². The van der Waals surface area contributed by atoms with E-state index in [1.165, 1.54) is 22.3 Å². The fourth-order valence-electron chi connectivity index (χ4n) is 5.30. The van der Waals surface area contributed by atoms with Crippen molar-refractivity contribution in [1.82, 2.24) is 0 Å². The van der Waals surface area contributed by atoms with Crippen molar-refractivity contribution in [2.75, 3.05) is 12.3 Å². The van der Waals surface area contributed by atoms with E-state index < -0.39 is 15.2 Å². The lowest BCUT2D eigenvalue weighted by Gasteiger charge is -2.33. The number of benzene rings is 2. The monoisotopic (exact) mass is 650 g/mol. The van der Waals surface area contributed by atoms with Crippen LogP contribution in [0.5, 0.6) is 0 Å². The van der Waals surface area contributed by atoms with Crippen molar-refractivity contribution in [3.63, 3.8) is 0 Å². The Bertz CT molecular complexity index is 1020. The van der Waals surface area contributed by atoms with Crippen molar-refractivity contribution in [2.45, 2.75) is 69.6 Å². The van der Waals surface area contributed by atoms with Crippen LogP contribution in [0, 0.1) is 0 Å². The normalized spacial score (nSPS) is 14.7. The van der Waals surface area contributed by atoms with Gasteiger partial charge in [0.2, 0.25) is 0 Å². The van der Waals surface area contributed by atoms with Crippen LogP contribution in [0.3, 0.4) is 0 Å². The zero-order chi connectivity index (χ0) is 25.7. The maximum atomic E-state index is 11.2. The minimum absolute atomic E-state index is 0.0572. The summed E-state index contributed by atoms with van der Waals surface area (Å²) in [5, 5.41) is 0. The van der Waals surface area contributed by atoms with E-state index in [0.717, 1.165) is 60.3 Å². The molecule has 1 aliphatic carbocycles. The van der Waals surface area contributed by atoms with Gasteiger partial charge in [-0.1, -0.05) is 82.5 Å². The first kappa shape index (κ1) is 29.3. The molecule has 0 aliphatic heterocycles. The molecule has 0 amide bonds. The van der Waals surface area contributed by atoms with Crippen molar-refractivity contribution in [3.8, 4) is 11.1 Å². The Morgan fingerprint density at radius 2 is 0.971 bits per heavy atom. The second-order valence-electron chi connectivity index (χ2n) is 9.57. The summed E-state index contributed by atoms with van der Waals surface area (Å²) in [5.74, 6) is 0. The van der Waals surface area contributed by atoms with Crippen LogP contribution < -0.4 is 0 Å². The molecule has 2 aromatic carbocycles. The van der Waals surface area contributed by atoms with Crippen LogP contribution in [0.25, 0.3) is 11.1 Å². The van der Waals surface area contributed by atoms with Gasteiger partial charge in [0.1, 0.15) is 0 Å². The number of rotatable bonds is 14. The molecular weight excluding hydrogens is 618 g/mol. The minimum Gasteiger partial charge on any atom is -0.324 e. The third-order valence-corrected chi connectivity index (χ3v) is 9.67. The first-order valence-corrected chi connectivity index (χ1v) is 17.3. The van der Waals surface area contributed by atoms with Crippen molar-refractivity contribution < 1.29 is 28.7 Å². The maximum Gasteiger partial charge on any atom is 0.325 e. The molecule has 0 aromatic heterocycles. The molecule has 0 unspecified atom stereocenters. The summed E-state index contributed by atoms with van der Waals surface area (Å²) in [5.41, 5.74) is 4.96. The highest BCUT2D eigenvalue weighted by atomic mass is 79.9. The highest BCUT2D eigenvalue weighted by Crippen LogP contribution is 2.55. The first-order chi connectivity index (χ1) is 16.4. The molecule has 0 heterocycles. The van der Waals surface area contributed by atoms with Crippen LogP contribution >= 0.6 is 47.1 Å². The van der Waals surface area contributed by atoms with E-state index in [0.29, 0.717) is 12.8 Å². The van der Waals surface area contributed by atoms with Crippen LogP contribution in [-0.2, 0) is 14.5 Å². The van der Waals surface area contributed by atoms with Crippen LogP contribution in [0.2, 0.25) is 0 Å². The Hall–Kier alpha value is -0.300. The fraction of sp³-hybridized carbons (Fsp3) is 0.520. The molecule has 0 radical (unpaired) electrons. The number of unbranched alkanes of at least 4 members (excludes halogenated alkanes) is 6. The van der Waals surface area contributed by atoms with E-state index in [9.17, 15) is 9.13 Å². The Morgan fingerprint density at radius 3 is 1.34 bits per heavy atom. The molecule has 6 nitrogen and oxygen atoms in total. The molecule has 10 heteroatoms. The smallest absolute Gasteiger partial charge is 0.324 e. The summed E-state index contributed by atoms with van der Waals surface area (Å²) in [4.78, 5) is 36.5. The lowest BCUT2D eigenvalue weighted by atomic mass is 9.70. The van der Waals surface area contributed by atoms with Gasteiger partial charge in [-0.3, -0.25) is 9.13 Å². The van der Waals surface area contributed by atoms with Gasteiger partial charge in [-0.15, -0.1) is 0 Å². The van der Waals surface area contributed by atoms with Gasteiger partial charge in [0, 0.05) is 26.7 Å². The van der Waals surface area contributed by atoms with E-state index in [1.807, 2.05) is 0 Å². The van der Waals surface area contributed by atoms with E-state index in [1.54, 1.807) is 0 Å². The van der Waals surface area contributed by atoms with Gasteiger partial charge in [-0.05, 0) is 72.2 Å². The van der Waals surface area contributed by atoms with Crippen molar-refractivity contribution in [3.05, 3.63) is 56.5 Å². The standard InChI is InChI=1S/C25H34Br2O6P2/c26-19-9-11-21-22-12-10-20(27)18-24(22)25(23(21)17-19,13-5-1-3-7-15-34(28,29)30)14-6-2-4-8-16-35(31,32)33/h9-12,17-18H,1-8,13-16H2,(H2,28,29,30)(H2,31,32,33). The summed E-state index contributed by atoms with van der Waals surface area (Å²) in [6, 6.07) is 13.0. The number of halogens is 2. The number of fused-ring (bicyclic) bond motifs is 3. The zero-order valence-electron chi connectivity index (χ0n) is 19.7. The van der Waals surface area contributed by atoms with Gasteiger partial charge >= 0.3 is 15.2 Å². The zero-order valence-corrected chi connectivity index (χ0v) is 24.7. The average molecular weight is 652 g/mol. The summed E-state index contributed by atoms with van der Waals surface area (Å²) >= 11 is 7.32. The molecule has 35 heavy (non-hydrogen) atoms. The summed E-state index contributed by atoms with van der Waals surface area (Å²) in [7, 11) is -7.88. The van der Waals surface area contributed by atoms with Gasteiger partial charge in [0.25, 0.3) is 0 Å². The molecule has 3 rings (SSSR count). The molecule has 4 N–H and O–H groups in total. The van der Waals surface area contributed by atoms with Gasteiger partial charge in [-0.2, -0.15) is 0 Å². The van der Waals surface area contributed by atoms with E-state index in [2.05, 4.69) is 68.3 Å². The largest absolute Gasteiger partial charge is 0.325 e. The van der Waals surface area contributed by atoms with Gasteiger partial charge in [-0.25, -0.2) is 0 Å². The Morgan fingerprint density at radius 1 is 0.600 bits per heavy atom. The molecule has 2 aromatic rings. The Balaban J connectivity index is 1.79. The number of hydrogen-bond acceptors (Lipinski definition) is 2. The van der Waals surface area contributed by atoms with Gasteiger partial charge in [0.05, 0.1) is 0 Å². The predicted octanol–water partition coefficient (Wildman–Crippen LogP) is 7.73. The fourth-order valence-corrected chi connectivity index (χ4v) is 7.29. The molecule has 0 fully saturated rings. The third kappa shape index (κ3) is 8.35. The summed E-state index contributed by atoms with van der Waals surface area (Å²) < 4.78 is 24.4. The molecule has 1 aliphatic rings. The SMILES string of the molecule is O=P(O)(O)CCCCCCC1(CCCCCCP(=O)(O)O)c2cc(Br)ccc2-c2ccc(Br)cc21. The van der Waals surface area contributed by atoms with E-state index in [-0.39, 0.29) is 17.7 Å². The van der Waals surface area contributed by atoms with Crippen LogP contribution in [-0.4, -0.2) is 31.9 Å². The molecular formula is C25H34Br2O6P2. The third-order valence-electron chi connectivity index (χ3n) is 6.89. The van der Waals surface area contributed by atoms with Gasteiger partial charge in [0.15, 0.2) is 0 Å². The molecule has 194 valence electrons. The minimum atomic E-state index is -3.94. The van der Waals surface area contributed by atoms with Gasteiger partial charge < -0.3 is 19.6 Å². The second kappa shape index (κ2) is 12.5.